The van der Waals surface area contributed by atoms with Gasteiger partial charge >= 0.3 is 0 Å². The van der Waals surface area contributed by atoms with E-state index in [0.717, 1.165) is 18.6 Å². The maximum atomic E-state index is 13.4. The summed E-state index contributed by atoms with van der Waals surface area (Å²) in [7, 11) is 1.66. The standard InChI is InChI=1S/C16H15ClFNO/c1-20-14-4-2-10-3-5-16(15(10)9-14)19-13-7-11(17)6-12(18)8-13/h2,4,6-9,16,19H,3,5H2,1H3. The van der Waals surface area contributed by atoms with Crippen molar-refractivity contribution in [2.45, 2.75) is 18.9 Å². The van der Waals surface area contributed by atoms with Gasteiger partial charge in [0.05, 0.1) is 13.2 Å². The minimum atomic E-state index is -0.330. The van der Waals surface area contributed by atoms with Crippen LogP contribution in [0.5, 0.6) is 5.75 Å². The topological polar surface area (TPSA) is 21.3 Å². The van der Waals surface area contributed by atoms with Crippen molar-refractivity contribution in [1.82, 2.24) is 0 Å². The lowest BCUT2D eigenvalue weighted by atomic mass is 10.1. The molecule has 1 unspecified atom stereocenters. The Bertz CT molecular complexity index is 624. The van der Waals surface area contributed by atoms with E-state index in [1.807, 2.05) is 12.1 Å². The van der Waals surface area contributed by atoms with Crippen LogP contribution in [0, 0.1) is 5.82 Å². The first kappa shape index (κ1) is 13.3. The Morgan fingerprint density at radius 2 is 2.10 bits per heavy atom. The molecule has 0 amide bonds. The van der Waals surface area contributed by atoms with Crippen LogP contribution in [0.1, 0.15) is 23.6 Å². The minimum Gasteiger partial charge on any atom is -0.497 e. The molecule has 0 aromatic heterocycles. The zero-order valence-corrected chi connectivity index (χ0v) is 11.9. The van der Waals surface area contributed by atoms with E-state index < -0.39 is 0 Å². The average Bonchev–Trinajstić information content (AvgIpc) is 2.80. The van der Waals surface area contributed by atoms with Crippen molar-refractivity contribution in [3.63, 3.8) is 0 Å². The molecular weight excluding hydrogens is 277 g/mol. The zero-order chi connectivity index (χ0) is 14.1. The fourth-order valence-corrected chi connectivity index (χ4v) is 2.92. The third-order valence-corrected chi connectivity index (χ3v) is 3.85. The molecule has 0 radical (unpaired) electrons. The Labute approximate surface area is 122 Å². The lowest BCUT2D eigenvalue weighted by molar-refractivity contribution is 0.414. The van der Waals surface area contributed by atoms with Crippen LogP contribution in [-0.2, 0) is 6.42 Å². The number of fused-ring (bicyclic) bond motifs is 1. The van der Waals surface area contributed by atoms with Gasteiger partial charge in [0, 0.05) is 10.7 Å². The van der Waals surface area contributed by atoms with Crippen molar-refractivity contribution in [2.75, 3.05) is 12.4 Å². The van der Waals surface area contributed by atoms with Crippen molar-refractivity contribution in [3.05, 3.63) is 58.4 Å². The first-order chi connectivity index (χ1) is 9.65. The first-order valence-corrected chi connectivity index (χ1v) is 6.93. The lowest BCUT2D eigenvalue weighted by Gasteiger charge is -2.16. The van der Waals surface area contributed by atoms with Gasteiger partial charge in [0.1, 0.15) is 11.6 Å². The van der Waals surface area contributed by atoms with Crippen LogP contribution in [0.2, 0.25) is 5.02 Å². The second-order valence-corrected chi connectivity index (χ2v) is 5.39. The molecule has 0 bridgehead atoms. The van der Waals surface area contributed by atoms with Crippen LogP contribution in [-0.4, -0.2) is 7.11 Å². The van der Waals surface area contributed by atoms with Crippen molar-refractivity contribution in [2.24, 2.45) is 0 Å². The number of ether oxygens (including phenoxy) is 1. The molecule has 0 aliphatic heterocycles. The summed E-state index contributed by atoms with van der Waals surface area (Å²) in [6.07, 6.45) is 2.00. The average molecular weight is 292 g/mol. The summed E-state index contributed by atoms with van der Waals surface area (Å²) in [5.74, 6) is 0.513. The van der Waals surface area contributed by atoms with Gasteiger partial charge in [-0.1, -0.05) is 17.7 Å². The Balaban J connectivity index is 1.87. The molecule has 2 nitrogen and oxygen atoms in total. The summed E-state index contributed by atoms with van der Waals surface area (Å²) in [6.45, 7) is 0. The van der Waals surface area contributed by atoms with Crippen molar-refractivity contribution in [1.29, 1.82) is 0 Å². The number of rotatable bonds is 3. The molecule has 2 aromatic carbocycles. The first-order valence-electron chi connectivity index (χ1n) is 6.55. The van der Waals surface area contributed by atoms with E-state index in [1.54, 1.807) is 13.2 Å². The number of nitrogens with one attached hydrogen (secondary N) is 1. The van der Waals surface area contributed by atoms with E-state index in [9.17, 15) is 4.39 Å². The molecule has 0 fully saturated rings. The van der Waals surface area contributed by atoms with Crippen LogP contribution in [0.15, 0.2) is 36.4 Å². The quantitative estimate of drug-likeness (QED) is 0.893. The fourth-order valence-electron chi connectivity index (χ4n) is 2.70. The van der Waals surface area contributed by atoms with Gasteiger partial charge in [-0.25, -0.2) is 4.39 Å². The third kappa shape index (κ3) is 2.59. The molecule has 0 spiro atoms. The fraction of sp³-hybridized carbons (Fsp3) is 0.250. The predicted octanol–water partition coefficient (Wildman–Crippen LogP) is 4.59. The highest BCUT2D eigenvalue weighted by molar-refractivity contribution is 6.30. The molecule has 104 valence electrons. The molecule has 0 heterocycles. The van der Waals surface area contributed by atoms with Gasteiger partial charge in [0.15, 0.2) is 0 Å². The van der Waals surface area contributed by atoms with Crippen LogP contribution in [0.25, 0.3) is 0 Å². The van der Waals surface area contributed by atoms with Gasteiger partial charge in [-0.3, -0.25) is 0 Å². The van der Waals surface area contributed by atoms with E-state index in [-0.39, 0.29) is 11.9 Å². The molecule has 1 aliphatic rings. The van der Waals surface area contributed by atoms with Gasteiger partial charge in [0.2, 0.25) is 0 Å². The highest BCUT2D eigenvalue weighted by atomic mass is 35.5. The summed E-state index contributed by atoms with van der Waals surface area (Å²) < 4.78 is 18.6. The summed E-state index contributed by atoms with van der Waals surface area (Å²) in [4.78, 5) is 0. The van der Waals surface area contributed by atoms with Crippen LogP contribution in [0.4, 0.5) is 10.1 Å². The van der Waals surface area contributed by atoms with Crippen LogP contribution in [0.3, 0.4) is 0 Å². The van der Waals surface area contributed by atoms with Crippen molar-refractivity contribution in [3.8, 4) is 5.75 Å². The van der Waals surface area contributed by atoms with E-state index in [2.05, 4.69) is 11.4 Å². The van der Waals surface area contributed by atoms with E-state index in [1.165, 1.54) is 23.3 Å². The maximum absolute atomic E-state index is 13.4. The molecule has 0 saturated carbocycles. The minimum absolute atomic E-state index is 0.165. The van der Waals surface area contributed by atoms with Gasteiger partial charge < -0.3 is 10.1 Å². The molecule has 4 heteroatoms. The van der Waals surface area contributed by atoms with Gasteiger partial charge in [-0.2, -0.15) is 0 Å². The molecule has 20 heavy (non-hydrogen) atoms. The molecule has 1 aliphatic carbocycles. The number of halogens is 2. The van der Waals surface area contributed by atoms with Crippen LogP contribution >= 0.6 is 11.6 Å². The number of benzene rings is 2. The largest absolute Gasteiger partial charge is 0.497 e. The second kappa shape index (κ2) is 5.33. The second-order valence-electron chi connectivity index (χ2n) is 4.96. The van der Waals surface area contributed by atoms with Gasteiger partial charge in [-0.15, -0.1) is 0 Å². The SMILES string of the molecule is COc1ccc2c(c1)C(Nc1cc(F)cc(Cl)c1)CC2. The Hall–Kier alpha value is -1.74. The molecule has 1 atom stereocenters. The van der Waals surface area contributed by atoms with E-state index >= 15 is 0 Å². The van der Waals surface area contributed by atoms with E-state index in [4.69, 9.17) is 16.3 Å². The van der Waals surface area contributed by atoms with Crippen LogP contribution < -0.4 is 10.1 Å². The molecule has 2 aromatic rings. The van der Waals surface area contributed by atoms with Crippen molar-refractivity contribution < 1.29 is 9.13 Å². The molecular formula is C16H15ClFNO. The number of hydrogen-bond acceptors (Lipinski definition) is 2. The summed E-state index contributed by atoms with van der Waals surface area (Å²) >= 11 is 5.88. The summed E-state index contributed by atoms with van der Waals surface area (Å²) in [6, 6.07) is 10.8. The number of anilines is 1. The predicted molar refractivity (Wildman–Crippen MR) is 79.1 cm³/mol. The van der Waals surface area contributed by atoms with Gasteiger partial charge in [0.25, 0.3) is 0 Å². The third-order valence-electron chi connectivity index (χ3n) is 3.63. The highest BCUT2D eigenvalue weighted by Gasteiger charge is 2.23. The lowest BCUT2D eigenvalue weighted by Crippen LogP contribution is -2.07. The summed E-state index contributed by atoms with van der Waals surface area (Å²) in [5.41, 5.74) is 3.23. The van der Waals surface area contributed by atoms with Crippen molar-refractivity contribution >= 4 is 17.3 Å². The molecule has 0 saturated heterocycles. The van der Waals surface area contributed by atoms with E-state index in [0.29, 0.717) is 10.7 Å². The normalized spacial score (nSPS) is 16.9. The molecule has 1 N–H and O–H groups in total. The number of methoxy groups -OCH3 is 1. The van der Waals surface area contributed by atoms with Gasteiger partial charge in [-0.05, 0) is 54.3 Å². The maximum Gasteiger partial charge on any atom is 0.126 e. The Morgan fingerprint density at radius 3 is 2.85 bits per heavy atom. The number of aryl methyl sites for hydroxylation is 1. The monoisotopic (exact) mass is 291 g/mol. The number of hydrogen-bond donors (Lipinski definition) is 1. The Kier molecular flexibility index (Phi) is 3.53. The zero-order valence-electron chi connectivity index (χ0n) is 11.1. The smallest absolute Gasteiger partial charge is 0.126 e. The Morgan fingerprint density at radius 1 is 1.25 bits per heavy atom. The highest BCUT2D eigenvalue weighted by Crippen LogP contribution is 2.36. The summed E-state index contributed by atoms with van der Waals surface area (Å²) in [5, 5.41) is 3.75. The molecule has 3 rings (SSSR count).